The number of amides is 1. The average Bonchev–Trinajstić information content (AvgIpc) is 2.94. The molecule has 110 valence electrons. The summed E-state index contributed by atoms with van der Waals surface area (Å²) in [7, 11) is 0. The Morgan fingerprint density at radius 3 is 2.50 bits per heavy atom. The molecule has 2 N–H and O–H groups in total. The number of nitrogens with one attached hydrogen (secondary N) is 1. The summed E-state index contributed by atoms with van der Waals surface area (Å²) >= 11 is 0. The van der Waals surface area contributed by atoms with Crippen LogP contribution in [0.2, 0.25) is 0 Å². The molecule has 0 heterocycles. The van der Waals surface area contributed by atoms with E-state index in [-0.39, 0.29) is 24.0 Å². The first kappa shape index (κ1) is 15.0. The lowest BCUT2D eigenvalue weighted by atomic mass is 9.91. The lowest BCUT2D eigenvalue weighted by Crippen LogP contribution is -2.49. The Balaban J connectivity index is 1.96. The summed E-state index contributed by atoms with van der Waals surface area (Å²) in [6, 6.07) is 10.2. The molecule has 1 aromatic carbocycles. The molecule has 1 amide bonds. The van der Waals surface area contributed by atoms with E-state index < -0.39 is 0 Å². The summed E-state index contributed by atoms with van der Waals surface area (Å²) < 4.78 is 0. The summed E-state index contributed by atoms with van der Waals surface area (Å²) in [5, 5.41) is 12.6. The molecule has 1 aliphatic rings. The summed E-state index contributed by atoms with van der Waals surface area (Å²) in [5.41, 5.74) is 0.862. The minimum Gasteiger partial charge on any atom is -0.394 e. The predicted molar refractivity (Wildman–Crippen MR) is 80.5 cm³/mol. The second kappa shape index (κ2) is 6.89. The first-order valence-electron chi connectivity index (χ1n) is 7.66. The van der Waals surface area contributed by atoms with Crippen molar-refractivity contribution in [2.45, 2.75) is 56.9 Å². The van der Waals surface area contributed by atoms with Crippen molar-refractivity contribution >= 4 is 5.91 Å². The molecule has 0 spiro atoms. The van der Waals surface area contributed by atoms with Crippen LogP contribution in [0.15, 0.2) is 30.3 Å². The van der Waals surface area contributed by atoms with Gasteiger partial charge in [0.25, 0.3) is 0 Å². The van der Waals surface area contributed by atoms with Crippen molar-refractivity contribution in [2.24, 2.45) is 0 Å². The van der Waals surface area contributed by atoms with Crippen molar-refractivity contribution in [1.82, 2.24) is 5.32 Å². The zero-order valence-electron chi connectivity index (χ0n) is 12.3. The van der Waals surface area contributed by atoms with Crippen LogP contribution in [0.25, 0.3) is 0 Å². The molecule has 3 nitrogen and oxygen atoms in total. The molecule has 2 rings (SSSR count). The third-order valence-corrected chi connectivity index (χ3v) is 4.46. The van der Waals surface area contributed by atoms with Gasteiger partial charge in [-0.05, 0) is 30.7 Å². The van der Waals surface area contributed by atoms with Crippen molar-refractivity contribution in [3.8, 4) is 0 Å². The van der Waals surface area contributed by atoms with Gasteiger partial charge in [-0.25, -0.2) is 0 Å². The van der Waals surface area contributed by atoms with Gasteiger partial charge in [-0.1, -0.05) is 50.1 Å². The normalized spacial score (nSPS) is 18.7. The zero-order chi connectivity index (χ0) is 14.4. The Bertz CT molecular complexity index is 424. The van der Waals surface area contributed by atoms with Gasteiger partial charge in [0.2, 0.25) is 5.91 Å². The van der Waals surface area contributed by atoms with Gasteiger partial charge in [0.15, 0.2) is 0 Å². The van der Waals surface area contributed by atoms with Gasteiger partial charge >= 0.3 is 0 Å². The minimum absolute atomic E-state index is 0.0564. The van der Waals surface area contributed by atoms with Crippen molar-refractivity contribution in [2.75, 3.05) is 6.61 Å². The van der Waals surface area contributed by atoms with E-state index in [1.54, 1.807) is 0 Å². The molecule has 1 atom stereocenters. The first-order valence-corrected chi connectivity index (χ1v) is 7.66. The zero-order valence-corrected chi connectivity index (χ0v) is 12.3. The summed E-state index contributed by atoms with van der Waals surface area (Å²) in [6.45, 7) is 2.17. The lowest BCUT2D eigenvalue weighted by molar-refractivity contribution is -0.124. The fourth-order valence-electron chi connectivity index (χ4n) is 3.17. The number of benzene rings is 1. The highest BCUT2D eigenvalue weighted by Crippen LogP contribution is 2.30. The number of carbonyl (C=O) groups excluding carboxylic acids is 1. The average molecular weight is 275 g/mol. The van der Waals surface area contributed by atoms with E-state index in [9.17, 15) is 9.90 Å². The first-order chi connectivity index (χ1) is 9.69. The number of rotatable bonds is 6. The molecular weight excluding hydrogens is 250 g/mol. The van der Waals surface area contributed by atoms with E-state index >= 15 is 0 Å². The molecule has 1 fully saturated rings. The minimum atomic E-state index is -0.355. The van der Waals surface area contributed by atoms with Gasteiger partial charge in [-0.3, -0.25) is 4.79 Å². The highest BCUT2D eigenvalue weighted by molar-refractivity contribution is 5.77. The smallest absolute Gasteiger partial charge is 0.221 e. The fraction of sp³-hybridized carbons (Fsp3) is 0.588. The molecule has 3 heteroatoms. The number of hydrogen-bond donors (Lipinski definition) is 2. The molecular formula is C17H25NO2. The van der Waals surface area contributed by atoms with Crippen LogP contribution in [-0.4, -0.2) is 23.2 Å². The van der Waals surface area contributed by atoms with Crippen molar-refractivity contribution in [1.29, 1.82) is 0 Å². The van der Waals surface area contributed by atoms with Gasteiger partial charge in [-0.2, -0.15) is 0 Å². The van der Waals surface area contributed by atoms with Crippen LogP contribution in [0.3, 0.4) is 0 Å². The monoisotopic (exact) mass is 275 g/mol. The Morgan fingerprint density at radius 2 is 1.95 bits per heavy atom. The topological polar surface area (TPSA) is 49.3 Å². The quantitative estimate of drug-likeness (QED) is 0.838. The number of aliphatic hydroxyl groups excluding tert-OH is 1. The number of hydrogen-bond acceptors (Lipinski definition) is 2. The van der Waals surface area contributed by atoms with Crippen LogP contribution in [0.4, 0.5) is 0 Å². The molecule has 1 aromatic rings. The third kappa shape index (κ3) is 3.60. The second-order valence-corrected chi connectivity index (χ2v) is 5.91. The third-order valence-electron chi connectivity index (χ3n) is 4.46. The maximum atomic E-state index is 12.3. The van der Waals surface area contributed by atoms with Gasteiger partial charge in [0, 0.05) is 6.42 Å². The Labute approximate surface area is 121 Å². The van der Waals surface area contributed by atoms with E-state index in [1.165, 1.54) is 5.56 Å². The van der Waals surface area contributed by atoms with Gasteiger partial charge in [0.1, 0.15) is 0 Å². The molecule has 20 heavy (non-hydrogen) atoms. The lowest BCUT2D eigenvalue weighted by Gasteiger charge is -2.29. The molecule has 0 aromatic heterocycles. The van der Waals surface area contributed by atoms with Crippen LogP contribution < -0.4 is 5.32 Å². The summed E-state index contributed by atoms with van der Waals surface area (Å²) in [4.78, 5) is 12.3. The van der Waals surface area contributed by atoms with Crippen LogP contribution in [-0.2, 0) is 4.79 Å². The maximum Gasteiger partial charge on any atom is 0.221 e. The van der Waals surface area contributed by atoms with Gasteiger partial charge in [0.05, 0.1) is 12.1 Å². The molecule has 0 bridgehead atoms. The number of aliphatic hydroxyl groups is 1. The van der Waals surface area contributed by atoms with E-state index in [0.29, 0.717) is 6.42 Å². The van der Waals surface area contributed by atoms with Crippen molar-refractivity contribution < 1.29 is 9.90 Å². The Hall–Kier alpha value is -1.35. The van der Waals surface area contributed by atoms with E-state index in [4.69, 9.17) is 0 Å². The molecule has 1 saturated carbocycles. The van der Waals surface area contributed by atoms with Crippen LogP contribution in [0.5, 0.6) is 0 Å². The highest BCUT2D eigenvalue weighted by Gasteiger charge is 2.34. The maximum absolute atomic E-state index is 12.3. The fourth-order valence-corrected chi connectivity index (χ4v) is 3.17. The van der Waals surface area contributed by atoms with Crippen LogP contribution >= 0.6 is 0 Å². The molecule has 1 unspecified atom stereocenters. The van der Waals surface area contributed by atoms with Crippen LogP contribution in [0, 0.1) is 0 Å². The van der Waals surface area contributed by atoms with E-state index in [0.717, 1.165) is 32.1 Å². The highest BCUT2D eigenvalue weighted by atomic mass is 16.3. The van der Waals surface area contributed by atoms with E-state index in [2.05, 4.69) is 24.4 Å². The summed E-state index contributed by atoms with van der Waals surface area (Å²) in [6.07, 6.45) is 5.44. The van der Waals surface area contributed by atoms with Crippen molar-refractivity contribution in [3.05, 3.63) is 35.9 Å². The second-order valence-electron chi connectivity index (χ2n) is 5.91. The predicted octanol–water partition coefficient (Wildman–Crippen LogP) is 2.99. The Morgan fingerprint density at radius 1 is 1.30 bits per heavy atom. The molecule has 1 aliphatic carbocycles. The molecule has 0 aliphatic heterocycles. The summed E-state index contributed by atoms with van der Waals surface area (Å²) in [5.74, 6) is 0.324. The number of carbonyl (C=O) groups is 1. The molecule has 0 saturated heterocycles. The standard InChI is InChI=1S/C17H25NO2/c1-2-14(15-8-4-3-5-9-15)12-16(20)18-17(13-19)10-6-7-11-17/h3-5,8-9,14,19H,2,6-7,10-13H2,1H3,(H,18,20). The van der Waals surface area contributed by atoms with Gasteiger partial charge in [-0.15, -0.1) is 0 Å². The van der Waals surface area contributed by atoms with Crippen LogP contribution in [0.1, 0.15) is 56.9 Å². The Kier molecular flexibility index (Phi) is 5.18. The van der Waals surface area contributed by atoms with Gasteiger partial charge < -0.3 is 10.4 Å². The SMILES string of the molecule is CCC(CC(=O)NC1(CO)CCCC1)c1ccccc1. The van der Waals surface area contributed by atoms with Crippen molar-refractivity contribution in [3.63, 3.8) is 0 Å². The largest absolute Gasteiger partial charge is 0.394 e. The van der Waals surface area contributed by atoms with E-state index in [1.807, 2.05) is 18.2 Å². The molecule has 0 radical (unpaired) electrons.